The summed E-state index contributed by atoms with van der Waals surface area (Å²) in [5, 5.41) is 10.9. The predicted molar refractivity (Wildman–Crippen MR) is 74.9 cm³/mol. The Morgan fingerprint density at radius 1 is 1.14 bits per heavy atom. The van der Waals surface area contributed by atoms with E-state index in [1.54, 1.807) is 0 Å². The Kier molecular flexibility index (Phi) is 5.24. The second-order valence-electron chi connectivity index (χ2n) is 3.96. The quantitative estimate of drug-likeness (QED) is 0.404. The van der Waals surface area contributed by atoms with E-state index in [-0.39, 0.29) is 17.7 Å². The Morgan fingerprint density at radius 3 is 2.19 bits per heavy atom. The number of carbonyl (C=O) groups excluding carboxylic acids is 1. The molecule has 1 aromatic rings. The van der Waals surface area contributed by atoms with Gasteiger partial charge < -0.3 is 21.9 Å². The van der Waals surface area contributed by atoms with E-state index in [1.165, 1.54) is 24.3 Å². The highest BCUT2D eigenvalue weighted by Gasteiger charge is 2.13. The molecule has 1 amide bonds. The van der Waals surface area contributed by atoms with Crippen molar-refractivity contribution in [3.05, 3.63) is 24.3 Å². The van der Waals surface area contributed by atoms with Crippen LogP contribution >= 0.6 is 0 Å². The zero-order valence-electron chi connectivity index (χ0n) is 10.8. The summed E-state index contributed by atoms with van der Waals surface area (Å²) < 4.78 is 26.4. The van der Waals surface area contributed by atoms with Crippen LogP contribution in [0, 0.1) is 0 Å². The fourth-order valence-electron chi connectivity index (χ4n) is 1.35. The molecule has 0 radical (unpaired) electrons. The van der Waals surface area contributed by atoms with Crippen LogP contribution in [0.15, 0.2) is 33.6 Å². The number of amides is 1. The number of guanidine groups is 1. The molecule has 0 atom stereocenters. The third-order valence-corrected chi connectivity index (χ3v) is 3.55. The summed E-state index contributed by atoms with van der Waals surface area (Å²) >= 11 is 0. The van der Waals surface area contributed by atoms with Crippen LogP contribution < -0.4 is 16.8 Å². The highest BCUT2D eigenvalue weighted by Crippen LogP contribution is 2.16. The SMILES string of the molecule is NC(N)=NS(=O)(=O)c1ccc(NC(=O)CCC(=O)O)cc1. The summed E-state index contributed by atoms with van der Waals surface area (Å²) in [5.41, 5.74) is 10.4. The van der Waals surface area contributed by atoms with Crippen LogP contribution in [0.5, 0.6) is 0 Å². The van der Waals surface area contributed by atoms with Crippen molar-refractivity contribution in [2.75, 3.05) is 5.32 Å². The lowest BCUT2D eigenvalue weighted by Crippen LogP contribution is -2.24. The molecule has 114 valence electrons. The number of carbonyl (C=O) groups is 2. The summed E-state index contributed by atoms with van der Waals surface area (Å²) in [5.74, 6) is -2.15. The zero-order chi connectivity index (χ0) is 16.0. The molecule has 1 aromatic carbocycles. The van der Waals surface area contributed by atoms with E-state index >= 15 is 0 Å². The van der Waals surface area contributed by atoms with Crippen LogP contribution in [0.1, 0.15) is 12.8 Å². The van der Waals surface area contributed by atoms with Crippen LogP contribution in [0.2, 0.25) is 0 Å². The molecule has 0 saturated carbocycles. The Morgan fingerprint density at radius 2 is 1.71 bits per heavy atom. The van der Waals surface area contributed by atoms with Crippen molar-refractivity contribution in [2.45, 2.75) is 17.7 Å². The van der Waals surface area contributed by atoms with E-state index < -0.39 is 27.9 Å². The average Bonchev–Trinajstić information content (AvgIpc) is 2.35. The van der Waals surface area contributed by atoms with Gasteiger partial charge in [0.05, 0.1) is 11.3 Å². The molecule has 6 N–H and O–H groups in total. The van der Waals surface area contributed by atoms with Gasteiger partial charge in [-0.3, -0.25) is 9.59 Å². The van der Waals surface area contributed by atoms with E-state index in [1.807, 2.05) is 0 Å². The third-order valence-electron chi connectivity index (χ3n) is 2.23. The van der Waals surface area contributed by atoms with Gasteiger partial charge in [0, 0.05) is 12.1 Å². The smallest absolute Gasteiger partial charge is 0.303 e. The number of aliphatic carboxylic acids is 1. The molecule has 0 bridgehead atoms. The predicted octanol–water partition coefficient (Wildman–Crippen LogP) is -0.548. The molecule has 21 heavy (non-hydrogen) atoms. The average molecular weight is 314 g/mol. The number of hydrogen-bond acceptors (Lipinski definition) is 4. The van der Waals surface area contributed by atoms with Crippen LogP contribution in [0.4, 0.5) is 5.69 Å². The van der Waals surface area contributed by atoms with Crippen LogP contribution in [-0.2, 0) is 19.6 Å². The molecule has 1 rings (SSSR count). The summed E-state index contributed by atoms with van der Waals surface area (Å²) in [4.78, 5) is 21.6. The number of sulfonamides is 1. The number of carboxylic acids is 1. The number of hydrogen-bond donors (Lipinski definition) is 4. The lowest BCUT2D eigenvalue weighted by molar-refractivity contribution is -0.138. The van der Waals surface area contributed by atoms with Crippen molar-refractivity contribution in [1.82, 2.24) is 0 Å². The van der Waals surface area contributed by atoms with Crippen molar-refractivity contribution in [1.29, 1.82) is 0 Å². The highest BCUT2D eigenvalue weighted by atomic mass is 32.2. The molecule has 0 fully saturated rings. The molecule has 0 aliphatic rings. The summed E-state index contributed by atoms with van der Waals surface area (Å²) in [7, 11) is -3.98. The topological polar surface area (TPSA) is 165 Å². The van der Waals surface area contributed by atoms with Crippen molar-refractivity contribution < 1.29 is 23.1 Å². The highest BCUT2D eigenvalue weighted by molar-refractivity contribution is 7.90. The minimum absolute atomic E-state index is 0.139. The second-order valence-corrected chi connectivity index (χ2v) is 5.56. The molecule has 0 unspecified atom stereocenters. The first-order valence-electron chi connectivity index (χ1n) is 5.68. The van der Waals surface area contributed by atoms with Gasteiger partial charge in [-0.2, -0.15) is 8.42 Å². The zero-order valence-corrected chi connectivity index (χ0v) is 11.6. The third kappa shape index (κ3) is 5.48. The van der Waals surface area contributed by atoms with Gasteiger partial charge in [0.15, 0.2) is 0 Å². The molecular weight excluding hydrogens is 300 g/mol. The Balaban J connectivity index is 2.77. The van der Waals surface area contributed by atoms with Gasteiger partial charge in [-0.25, -0.2) is 0 Å². The number of carboxylic acid groups (broad SMARTS) is 1. The van der Waals surface area contributed by atoms with E-state index in [9.17, 15) is 18.0 Å². The van der Waals surface area contributed by atoms with Gasteiger partial charge in [-0.05, 0) is 24.3 Å². The van der Waals surface area contributed by atoms with Crippen molar-refractivity contribution in [2.24, 2.45) is 15.9 Å². The Bertz CT molecular complexity index is 662. The van der Waals surface area contributed by atoms with Gasteiger partial charge in [0.25, 0.3) is 10.0 Å². The normalized spacial score (nSPS) is 10.7. The van der Waals surface area contributed by atoms with Gasteiger partial charge >= 0.3 is 5.97 Å². The number of nitrogens with two attached hydrogens (primary N) is 2. The first-order valence-corrected chi connectivity index (χ1v) is 7.12. The molecule has 0 aromatic heterocycles. The summed E-state index contributed by atoms with van der Waals surface area (Å²) in [6, 6.07) is 5.12. The molecular formula is C11H14N4O5S. The second kappa shape index (κ2) is 6.70. The Hall–Kier alpha value is -2.62. The van der Waals surface area contributed by atoms with Gasteiger partial charge in [-0.1, -0.05) is 0 Å². The van der Waals surface area contributed by atoms with Crippen LogP contribution in [-0.4, -0.2) is 31.4 Å². The first kappa shape index (κ1) is 16.4. The number of benzene rings is 1. The molecule has 0 aliphatic carbocycles. The lowest BCUT2D eigenvalue weighted by atomic mass is 10.2. The molecule has 0 saturated heterocycles. The van der Waals surface area contributed by atoms with Gasteiger partial charge in [-0.15, -0.1) is 4.40 Å². The fourth-order valence-corrected chi connectivity index (χ4v) is 2.21. The van der Waals surface area contributed by atoms with Crippen molar-refractivity contribution >= 4 is 33.5 Å². The fraction of sp³-hybridized carbons (Fsp3) is 0.182. The maximum absolute atomic E-state index is 11.7. The number of nitrogens with one attached hydrogen (secondary N) is 1. The van der Waals surface area contributed by atoms with E-state index in [4.69, 9.17) is 16.6 Å². The minimum atomic E-state index is -3.98. The molecule has 9 nitrogen and oxygen atoms in total. The van der Waals surface area contributed by atoms with Crippen LogP contribution in [0.25, 0.3) is 0 Å². The molecule has 0 spiro atoms. The standard InChI is InChI=1S/C11H14N4O5S/c12-11(13)15-21(19,20)8-3-1-7(2-4-8)14-9(16)5-6-10(17)18/h1-4H,5-6H2,(H,14,16)(H,17,18)(H4,12,13,15). The number of rotatable bonds is 6. The van der Waals surface area contributed by atoms with E-state index in [0.29, 0.717) is 5.69 Å². The van der Waals surface area contributed by atoms with E-state index in [0.717, 1.165) is 0 Å². The van der Waals surface area contributed by atoms with Gasteiger partial charge in [0.2, 0.25) is 11.9 Å². The maximum Gasteiger partial charge on any atom is 0.303 e. The maximum atomic E-state index is 11.7. The summed E-state index contributed by atoms with van der Waals surface area (Å²) in [6.45, 7) is 0. The summed E-state index contributed by atoms with van der Waals surface area (Å²) in [6.07, 6.45) is -0.466. The Labute approximate surface area is 120 Å². The molecule has 0 aliphatic heterocycles. The lowest BCUT2D eigenvalue weighted by Gasteiger charge is -2.05. The van der Waals surface area contributed by atoms with Crippen LogP contribution in [0.3, 0.4) is 0 Å². The van der Waals surface area contributed by atoms with Crippen molar-refractivity contribution in [3.8, 4) is 0 Å². The molecule has 0 heterocycles. The monoisotopic (exact) mass is 314 g/mol. The molecule has 10 heteroatoms. The number of nitrogens with zero attached hydrogens (tertiary/aromatic N) is 1. The van der Waals surface area contributed by atoms with E-state index in [2.05, 4.69) is 9.71 Å². The van der Waals surface area contributed by atoms with Gasteiger partial charge in [0.1, 0.15) is 0 Å². The van der Waals surface area contributed by atoms with Crippen molar-refractivity contribution in [3.63, 3.8) is 0 Å². The number of anilines is 1. The largest absolute Gasteiger partial charge is 0.481 e. The minimum Gasteiger partial charge on any atom is -0.481 e. The first-order chi connectivity index (χ1) is 9.70.